The Kier molecular flexibility index (Phi) is 19.4. The minimum atomic E-state index is -2.00. The van der Waals surface area contributed by atoms with Gasteiger partial charge in [0.25, 0.3) is 0 Å². The van der Waals surface area contributed by atoms with Crippen molar-refractivity contribution < 1.29 is 67.9 Å². The van der Waals surface area contributed by atoms with Gasteiger partial charge in [-0.1, -0.05) is 52.0 Å². The number of carbonyl (C=O) groups excluding carboxylic acids is 2. The molecule has 5 heterocycles. The molecule has 2 unspecified atom stereocenters. The van der Waals surface area contributed by atoms with Crippen molar-refractivity contribution in [3.05, 3.63) is 65.9 Å². The van der Waals surface area contributed by atoms with Gasteiger partial charge < -0.3 is 68.1 Å². The summed E-state index contributed by atoms with van der Waals surface area (Å²) in [5, 5.41) is 48.0. The number of Topliss-reactive ketones (excluding diaryl/α,β-unsaturated/α-hetero) is 1. The van der Waals surface area contributed by atoms with Crippen molar-refractivity contribution in [2.24, 2.45) is 23.7 Å². The second-order valence-corrected chi connectivity index (χ2v) is 23.2. The van der Waals surface area contributed by atoms with Gasteiger partial charge in [-0.2, -0.15) is 0 Å². The summed E-state index contributed by atoms with van der Waals surface area (Å²) in [7, 11) is 4.99. The molecule has 3 saturated heterocycles. The maximum Gasteiger partial charge on any atom is 0.311 e. The van der Waals surface area contributed by atoms with Crippen molar-refractivity contribution >= 4 is 28.3 Å². The second kappa shape index (κ2) is 24.7. The van der Waals surface area contributed by atoms with Crippen LogP contribution in [0.25, 0.3) is 10.9 Å². The van der Waals surface area contributed by atoms with E-state index >= 15 is 0 Å². The number of likely N-dealkylation sites (N-methyl/N-ethyl adjacent to an activating group) is 1. The number of rotatable bonds is 15. The van der Waals surface area contributed by atoms with Crippen LogP contribution in [0.15, 0.2) is 54.7 Å². The molecule has 17 heteroatoms. The van der Waals surface area contributed by atoms with E-state index in [0.717, 1.165) is 23.9 Å². The first-order valence-electron chi connectivity index (χ1n) is 27.7. The number of aliphatic hydroxyl groups is 4. The number of para-hydroxylation sites is 1. The molecule has 3 fully saturated rings. The predicted molar refractivity (Wildman–Crippen MR) is 288 cm³/mol. The maximum atomic E-state index is 14.5. The predicted octanol–water partition coefficient (Wildman–Crippen LogP) is 6.95. The van der Waals surface area contributed by atoms with E-state index in [4.69, 9.17) is 42.9 Å². The number of hydrogen-bond donors (Lipinski definition) is 4. The molecule has 0 radical (unpaired) electrons. The lowest BCUT2D eigenvalue weighted by molar-refractivity contribution is -0.319. The van der Waals surface area contributed by atoms with Gasteiger partial charge in [0.2, 0.25) is 0 Å². The molecule has 76 heavy (non-hydrogen) atoms. The number of cyclic esters (lactones) is 1. The highest BCUT2D eigenvalue weighted by Gasteiger charge is 2.54. The molecule has 0 amide bonds. The number of benzene rings is 2. The Morgan fingerprint density at radius 1 is 0.895 bits per heavy atom. The molecule has 0 aliphatic carbocycles. The SMILES string of the molecule is CC[C@H]1OC(=O)[C@H](C)[C@@H](OC2C[C@@](C)(OC)[C@@H](O)[C@H](C)O2)[C@H](C)[C@@H](O[C@@H]2O[C@H](C)C[C@H](N(C)CCCOc3cnc4ccc([C@@H](C)N5CCc6ccccc65)cc4c3)C2O)[C@](C)(OC)C[C@@H](C)C(=O)[C@H](C)[C@@H](O)[C@]1(C)O. The smallest absolute Gasteiger partial charge is 0.311 e. The van der Waals surface area contributed by atoms with Crippen molar-refractivity contribution in [3.63, 3.8) is 0 Å². The van der Waals surface area contributed by atoms with Gasteiger partial charge in [-0.05, 0) is 123 Å². The molecule has 4 aliphatic rings. The average Bonchev–Trinajstić information content (AvgIpc) is 3.84. The van der Waals surface area contributed by atoms with Crippen LogP contribution in [0.3, 0.4) is 0 Å². The van der Waals surface area contributed by atoms with Crippen molar-refractivity contribution in [1.29, 1.82) is 0 Å². The van der Waals surface area contributed by atoms with E-state index in [9.17, 15) is 30.0 Å². The Hall–Kier alpha value is -3.85. The molecular weight excluding hydrogens is 975 g/mol. The number of pyridine rings is 1. The van der Waals surface area contributed by atoms with Gasteiger partial charge in [-0.15, -0.1) is 0 Å². The molecule has 19 atom stereocenters. The van der Waals surface area contributed by atoms with E-state index < -0.39 is 108 Å². The van der Waals surface area contributed by atoms with Crippen LogP contribution in [0.2, 0.25) is 0 Å². The van der Waals surface area contributed by atoms with Gasteiger partial charge in [-0.3, -0.25) is 14.6 Å². The van der Waals surface area contributed by atoms with E-state index in [-0.39, 0.29) is 37.2 Å². The van der Waals surface area contributed by atoms with Crippen LogP contribution >= 0.6 is 0 Å². The summed E-state index contributed by atoms with van der Waals surface area (Å²) in [6.45, 7) is 21.4. The van der Waals surface area contributed by atoms with Gasteiger partial charge in [0, 0.05) is 68.6 Å². The number of aromatic nitrogens is 1. The normalized spacial score (nSPS) is 38.4. The van der Waals surface area contributed by atoms with Crippen molar-refractivity contribution in [1.82, 2.24) is 9.88 Å². The summed E-state index contributed by atoms with van der Waals surface area (Å²) < 4.78 is 51.3. The summed E-state index contributed by atoms with van der Waals surface area (Å²) in [6, 6.07) is 16.9. The number of nitrogens with zero attached hydrogens (tertiary/aromatic N) is 3. The number of ether oxygens (including phenoxy) is 8. The first-order valence-corrected chi connectivity index (χ1v) is 27.7. The first kappa shape index (κ1) is 59.8. The Balaban J connectivity index is 1.10. The molecule has 0 spiro atoms. The average molecular weight is 1060 g/mol. The summed E-state index contributed by atoms with van der Waals surface area (Å²) in [6.07, 6.45) is -6.00. The highest BCUT2D eigenvalue weighted by molar-refractivity contribution is 5.84. The third-order valence-electron chi connectivity index (χ3n) is 17.6. The number of ketones is 1. The van der Waals surface area contributed by atoms with Crippen molar-refractivity contribution in [3.8, 4) is 5.75 Å². The molecule has 4 aliphatic heterocycles. The molecule has 0 saturated carbocycles. The molecule has 4 N–H and O–H groups in total. The molecule has 17 nitrogen and oxygen atoms in total. The zero-order valence-corrected chi connectivity index (χ0v) is 47.5. The van der Waals surface area contributed by atoms with Crippen LogP contribution in [-0.2, 0) is 49.2 Å². The van der Waals surface area contributed by atoms with E-state index in [1.807, 2.05) is 33.9 Å². The minimum Gasteiger partial charge on any atom is -0.492 e. The van der Waals surface area contributed by atoms with Crippen LogP contribution in [0, 0.1) is 23.7 Å². The number of hydrogen-bond acceptors (Lipinski definition) is 17. The van der Waals surface area contributed by atoms with Crippen LogP contribution in [0.4, 0.5) is 5.69 Å². The fourth-order valence-corrected chi connectivity index (χ4v) is 12.6. The number of fused-ring (bicyclic) bond motifs is 2. The standard InChI is InChI=1S/C59H89N3O14/c1-15-47-59(11,68)52(65)35(4)49(63)33(2)30-58(10,70-14)54(36(5)51(37(6)55(67)74-47)75-48-31-57(9,69-13)53(66)39(8)73-48)76-56-50(64)46(27-34(3)72-56)61(12)24-18-26-71-43-29-42-28-41(21-22-44(42)60-32-43)38(7)62-25-23-40-19-16-17-20-45(40)62/h16-17,19-22,28-29,32-39,46-48,50-54,56,64-66,68H,15,18,23-27,30-31H2,1-14H3/t33-,34-,35+,36+,37-,38-,39+,46+,47-,48?,50?,51+,52-,53+,54-,56+,57-,58-,59-/m1/s1. The topological polar surface area (TPSA) is 208 Å². The van der Waals surface area contributed by atoms with E-state index in [1.54, 1.807) is 47.7 Å². The van der Waals surface area contributed by atoms with E-state index in [0.29, 0.717) is 31.7 Å². The summed E-state index contributed by atoms with van der Waals surface area (Å²) in [5.74, 6) is -4.01. The lowest BCUT2D eigenvalue weighted by Crippen LogP contribution is -2.61. The van der Waals surface area contributed by atoms with Crippen molar-refractivity contribution in [2.45, 2.75) is 205 Å². The summed E-state index contributed by atoms with van der Waals surface area (Å²) >= 11 is 0. The van der Waals surface area contributed by atoms with Gasteiger partial charge in [0.05, 0.1) is 72.0 Å². The monoisotopic (exact) mass is 1060 g/mol. The molecule has 2 aromatic carbocycles. The fourth-order valence-electron chi connectivity index (χ4n) is 12.6. The zero-order chi connectivity index (χ0) is 55.6. The number of esters is 1. The van der Waals surface area contributed by atoms with Gasteiger partial charge >= 0.3 is 5.97 Å². The Morgan fingerprint density at radius 3 is 2.30 bits per heavy atom. The molecular formula is C59H89N3O14. The minimum absolute atomic E-state index is 0.0759. The fraction of sp³-hybridized carbons (Fsp3) is 0.712. The Labute approximate surface area is 450 Å². The molecule has 0 bridgehead atoms. The third kappa shape index (κ3) is 12.6. The summed E-state index contributed by atoms with van der Waals surface area (Å²) in [4.78, 5) is 38.1. The number of aliphatic hydroxyl groups excluding tert-OH is 3. The quantitative estimate of drug-likeness (QED) is 0.0897. The Bertz CT molecular complexity index is 2430. The summed E-state index contributed by atoms with van der Waals surface area (Å²) in [5.41, 5.74) is 0.396. The number of methoxy groups -OCH3 is 2. The van der Waals surface area contributed by atoms with Crippen LogP contribution in [0.5, 0.6) is 5.75 Å². The Morgan fingerprint density at radius 2 is 1.61 bits per heavy atom. The third-order valence-corrected chi connectivity index (χ3v) is 17.6. The number of carbonyl (C=O) groups is 2. The molecule has 1 aromatic heterocycles. The van der Waals surface area contributed by atoms with Gasteiger partial charge in [-0.25, -0.2) is 0 Å². The lowest BCUT2D eigenvalue weighted by Gasteiger charge is -2.50. The van der Waals surface area contributed by atoms with Crippen molar-refractivity contribution in [2.75, 3.05) is 45.9 Å². The molecule has 7 rings (SSSR count). The van der Waals surface area contributed by atoms with Crippen LogP contribution in [0.1, 0.15) is 125 Å². The number of anilines is 1. The van der Waals surface area contributed by atoms with Crippen LogP contribution < -0.4 is 9.64 Å². The molecule has 424 valence electrons. The van der Waals surface area contributed by atoms with Gasteiger partial charge in [0.1, 0.15) is 35.4 Å². The highest BCUT2D eigenvalue weighted by atomic mass is 16.7. The highest BCUT2D eigenvalue weighted by Crippen LogP contribution is 2.43. The second-order valence-electron chi connectivity index (χ2n) is 23.2. The largest absolute Gasteiger partial charge is 0.492 e. The lowest BCUT2D eigenvalue weighted by atomic mass is 9.74. The zero-order valence-electron chi connectivity index (χ0n) is 47.5. The first-order chi connectivity index (χ1) is 35.9. The van der Waals surface area contributed by atoms with Crippen LogP contribution in [-0.4, -0.2) is 167 Å². The van der Waals surface area contributed by atoms with E-state index in [1.165, 1.54) is 38.0 Å². The maximum absolute atomic E-state index is 14.5. The van der Waals surface area contributed by atoms with E-state index in [2.05, 4.69) is 59.2 Å². The van der Waals surface area contributed by atoms with Gasteiger partial charge in [0.15, 0.2) is 12.6 Å². The molecule has 3 aromatic rings.